The Morgan fingerprint density at radius 1 is 0.913 bits per heavy atom. The molecule has 2 aromatic rings. The monoisotopic (exact) mass is 330 g/mol. The van der Waals surface area contributed by atoms with Crippen molar-refractivity contribution in [2.75, 3.05) is 0 Å². The number of Topliss-reactive ketones (excluding diaryl/α,β-unsaturated/α-hetero) is 1. The van der Waals surface area contributed by atoms with Crippen LogP contribution in [0.5, 0.6) is 0 Å². The topological polar surface area (TPSA) is 43.4 Å². The van der Waals surface area contributed by atoms with Gasteiger partial charge in [-0.15, -0.1) is 0 Å². The highest BCUT2D eigenvalue weighted by atomic mass is 35.5. The van der Waals surface area contributed by atoms with E-state index in [2.05, 4.69) is 0 Å². The van der Waals surface area contributed by atoms with Crippen LogP contribution < -0.4 is 0 Å². The lowest BCUT2D eigenvalue weighted by atomic mass is 10.0. The molecule has 0 aliphatic carbocycles. The molecule has 0 amide bonds. The SMILES string of the molecule is CC(C)(C)OC(=O)c1ccc(CC(=O)c2ccc(Cl)cc2)cc1. The lowest BCUT2D eigenvalue weighted by Crippen LogP contribution is -2.23. The van der Waals surface area contributed by atoms with E-state index in [0.29, 0.717) is 16.1 Å². The van der Waals surface area contributed by atoms with Crippen LogP contribution >= 0.6 is 11.6 Å². The molecule has 0 spiro atoms. The maximum atomic E-state index is 12.2. The summed E-state index contributed by atoms with van der Waals surface area (Å²) >= 11 is 5.81. The maximum Gasteiger partial charge on any atom is 0.338 e. The molecule has 0 saturated heterocycles. The standard InChI is InChI=1S/C19H19ClO3/c1-19(2,3)23-18(22)15-6-4-13(5-7-15)12-17(21)14-8-10-16(20)11-9-14/h4-11H,12H2,1-3H3. The third kappa shape index (κ3) is 5.22. The van der Waals surface area contributed by atoms with Crippen molar-refractivity contribution >= 4 is 23.4 Å². The Balaban J connectivity index is 2.04. The van der Waals surface area contributed by atoms with E-state index in [1.807, 2.05) is 20.8 Å². The maximum absolute atomic E-state index is 12.2. The smallest absolute Gasteiger partial charge is 0.338 e. The Morgan fingerprint density at radius 2 is 1.43 bits per heavy atom. The molecule has 0 aromatic heterocycles. The number of esters is 1. The summed E-state index contributed by atoms with van der Waals surface area (Å²) in [6.45, 7) is 5.47. The fourth-order valence-electron chi connectivity index (χ4n) is 2.02. The average molecular weight is 331 g/mol. The van der Waals surface area contributed by atoms with Gasteiger partial charge in [-0.2, -0.15) is 0 Å². The van der Waals surface area contributed by atoms with Gasteiger partial charge in [-0.25, -0.2) is 4.79 Å². The summed E-state index contributed by atoms with van der Waals surface area (Å²) in [6.07, 6.45) is 0.274. The molecule has 0 aliphatic rings. The molecule has 0 saturated carbocycles. The number of ether oxygens (including phenoxy) is 1. The zero-order chi connectivity index (χ0) is 17.0. The fraction of sp³-hybridized carbons (Fsp3) is 0.263. The Morgan fingerprint density at radius 3 is 1.96 bits per heavy atom. The van der Waals surface area contributed by atoms with Crippen LogP contribution in [-0.2, 0) is 11.2 Å². The first-order chi connectivity index (χ1) is 10.7. The van der Waals surface area contributed by atoms with Gasteiger partial charge in [0.15, 0.2) is 5.78 Å². The highest BCUT2D eigenvalue weighted by Gasteiger charge is 2.17. The van der Waals surface area contributed by atoms with Crippen molar-refractivity contribution in [3.63, 3.8) is 0 Å². The van der Waals surface area contributed by atoms with Crippen molar-refractivity contribution < 1.29 is 14.3 Å². The van der Waals surface area contributed by atoms with E-state index in [1.165, 1.54) is 0 Å². The Bertz CT molecular complexity index is 695. The molecule has 0 N–H and O–H groups in total. The van der Waals surface area contributed by atoms with E-state index in [9.17, 15) is 9.59 Å². The van der Waals surface area contributed by atoms with Crippen molar-refractivity contribution in [3.05, 3.63) is 70.2 Å². The lowest BCUT2D eigenvalue weighted by Gasteiger charge is -2.19. The van der Waals surface area contributed by atoms with Crippen molar-refractivity contribution in [2.45, 2.75) is 32.8 Å². The molecule has 0 fully saturated rings. The molecule has 120 valence electrons. The minimum absolute atomic E-state index is 0.00619. The third-order valence-electron chi connectivity index (χ3n) is 3.12. The van der Waals surface area contributed by atoms with Crippen molar-refractivity contribution in [3.8, 4) is 0 Å². The van der Waals surface area contributed by atoms with E-state index in [0.717, 1.165) is 5.56 Å². The number of carbonyl (C=O) groups is 2. The van der Waals surface area contributed by atoms with Gasteiger partial charge >= 0.3 is 5.97 Å². The zero-order valence-corrected chi connectivity index (χ0v) is 14.2. The van der Waals surface area contributed by atoms with E-state index in [4.69, 9.17) is 16.3 Å². The Hall–Kier alpha value is -2.13. The zero-order valence-electron chi connectivity index (χ0n) is 13.4. The van der Waals surface area contributed by atoms with Crippen LogP contribution in [0.3, 0.4) is 0 Å². The van der Waals surface area contributed by atoms with Crippen LogP contribution in [-0.4, -0.2) is 17.4 Å². The summed E-state index contributed by atoms with van der Waals surface area (Å²) < 4.78 is 5.31. The summed E-state index contributed by atoms with van der Waals surface area (Å²) in [5, 5.41) is 0.600. The first-order valence-corrected chi connectivity index (χ1v) is 7.73. The van der Waals surface area contributed by atoms with Gasteiger partial charge in [0.05, 0.1) is 5.56 Å². The minimum atomic E-state index is -0.527. The molecule has 0 radical (unpaired) electrons. The average Bonchev–Trinajstić information content (AvgIpc) is 2.46. The molecule has 0 bridgehead atoms. The molecule has 3 nitrogen and oxygen atoms in total. The van der Waals surface area contributed by atoms with E-state index in [-0.39, 0.29) is 18.2 Å². The van der Waals surface area contributed by atoms with Gasteiger partial charge in [-0.1, -0.05) is 23.7 Å². The fourth-order valence-corrected chi connectivity index (χ4v) is 2.14. The van der Waals surface area contributed by atoms with Gasteiger partial charge in [-0.05, 0) is 62.7 Å². The molecular formula is C19H19ClO3. The van der Waals surface area contributed by atoms with Crippen LogP contribution in [0.15, 0.2) is 48.5 Å². The minimum Gasteiger partial charge on any atom is -0.456 e. The largest absolute Gasteiger partial charge is 0.456 e. The van der Waals surface area contributed by atoms with Crippen LogP contribution in [0, 0.1) is 0 Å². The second kappa shape index (κ2) is 6.97. The van der Waals surface area contributed by atoms with Crippen LogP contribution in [0.1, 0.15) is 47.1 Å². The first-order valence-electron chi connectivity index (χ1n) is 7.36. The lowest BCUT2D eigenvalue weighted by molar-refractivity contribution is 0.00695. The second-order valence-corrected chi connectivity index (χ2v) is 6.74. The molecule has 0 heterocycles. The van der Waals surface area contributed by atoms with Gasteiger partial charge in [0, 0.05) is 17.0 Å². The molecule has 0 aliphatic heterocycles. The van der Waals surface area contributed by atoms with Crippen LogP contribution in [0.2, 0.25) is 5.02 Å². The predicted molar refractivity (Wildman–Crippen MR) is 91.1 cm³/mol. The highest BCUT2D eigenvalue weighted by Crippen LogP contribution is 2.15. The second-order valence-electron chi connectivity index (χ2n) is 6.31. The molecule has 23 heavy (non-hydrogen) atoms. The summed E-state index contributed by atoms with van der Waals surface area (Å²) in [6, 6.07) is 13.7. The Kier molecular flexibility index (Phi) is 5.22. The molecule has 0 unspecified atom stereocenters. The van der Waals surface area contributed by atoms with Gasteiger partial charge in [0.25, 0.3) is 0 Å². The van der Waals surface area contributed by atoms with Crippen molar-refractivity contribution in [1.82, 2.24) is 0 Å². The van der Waals surface area contributed by atoms with E-state index in [1.54, 1.807) is 48.5 Å². The first kappa shape index (κ1) is 17.2. The molecular weight excluding hydrogens is 312 g/mol. The number of hydrogen-bond donors (Lipinski definition) is 0. The summed E-state index contributed by atoms with van der Waals surface area (Å²) in [7, 11) is 0. The van der Waals surface area contributed by atoms with E-state index >= 15 is 0 Å². The van der Waals surface area contributed by atoms with Gasteiger partial charge in [0.1, 0.15) is 5.60 Å². The van der Waals surface area contributed by atoms with Crippen LogP contribution in [0.4, 0.5) is 0 Å². The summed E-state index contributed by atoms with van der Waals surface area (Å²) in [5.74, 6) is -0.361. The number of hydrogen-bond acceptors (Lipinski definition) is 3. The molecule has 4 heteroatoms. The van der Waals surface area contributed by atoms with Gasteiger partial charge in [-0.3, -0.25) is 4.79 Å². The normalized spacial score (nSPS) is 11.1. The van der Waals surface area contributed by atoms with Gasteiger partial charge < -0.3 is 4.74 Å². The third-order valence-corrected chi connectivity index (χ3v) is 3.37. The number of carbonyl (C=O) groups excluding carboxylic acids is 2. The summed E-state index contributed by atoms with van der Waals surface area (Å²) in [4.78, 5) is 24.1. The Labute approximate surface area is 141 Å². The van der Waals surface area contributed by atoms with Crippen LogP contribution in [0.25, 0.3) is 0 Å². The predicted octanol–water partition coefficient (Wildman–Crippen LogP) is 4.72. The number of halogens is 1. The summed E-state index contributed by atoms with van der Waals surface area (Å²) in [5.41, 5.74) is 1.41. The number of benzene rings is 2. The van der Waals surface area contributed by atoms with Gasteiger partial charge in [0.2, 0.25) is 0 Å². The van der Waals surface area contributed by atoms with E-state index < -0.39 is 5.60 Å². The molecule has 2 rings (SSSR count). The van der Waals surface area contributed by atoms with Crippen molar-refractivity contribution in [2.24, 2.45) is 0 Å². The molecule has 2 aromatic carbocycles. The quantitative estimate of drug-likeness (QED) is 0.601. The molecule has 0 atom stereocenters. The number of ketones is 1. The van der Waals surface area contributed by atoms with Crippen molar-refractivity contribution in [1.29, 1.82) is 0 Å². The highest BCUT2D eigenvalue weighted by molar-refractivity contribution is 6.30. The number of rotatable bonds is 4.